The molecule has 0 aliphatic rings. The van der Waals surface area contributed by atoms with E-state index in [-0.39, 0.29) is 0 Å². The van der Waals surface area contributed by atoms with Crippen molar-refractivity contribution in [1.82, 2.24) is 0 Å². The Hall–Kier alpha value is -1.04. The summed E-state index contributed by atoms with van der Waals surface area (Å²) in [5.74, 6) is 2.59. The highest BCUT2D eigenvalue weighted by molar-refractivity contribution is 6.31. The summed E-state index contributed by atoms with van der Waals surface area (Å²) in [6.45, 7) is 8.21. The Morgan fingerprint density at radius 2 is 1.82 bits per heavy atom. The zero-order chi connectivity index (χ0) is 12.9. The van der Waals surface area contributed by atoms with Crippen molar-refractivity contribution < 1.29 is 4.74 Å². The van der Waals surface area contributed by atoms with Gasteiger partial charge in [0.05, 0.1) is 6.61 Å². The van der Waals surface area contributed by atoms with Crippen LogP contribution in [0.4, 0.5) is 0 Å². The molecule has 0 N–H and O–H groups in total. The molecular weight excluding hydrogens is 224 g/mol. The van der Waals surface area contributed by atoms with Gasteiger partial charge < -0.3 is 4.74 Å². The Balaban J connectivity index is 0.000000770. The normalized spacial score (nSPS) is 9.06. The van der Waals surface area contributed by atoms with Crippen molar-refractivity contribution in [3.63, 3.8) is 0 Å². The lowest BCUT2D eigenvalue weighted by atomic mass is 10.1. The lowest BCUT2D eigenvalue weighted by molar-refractivity contribution is 0.118. The fourth-order valence-electron chi connectivity index (χ4n) is 1.13. The van der Waals surface area contributed by atoms with Crippen LogP contribution >= 0.6 is 0 Å². The van der Waals surface area contributed by atoms with Gasteiger partial charge in [-0.3, -0.25) is 0 Å². The Bertz CT molecular complexity index is 311. The predicted molar refractivity (Wildman–Crippen MR) is 79.2 cm³/mol. The summed E-state index contributed by atoms with van der Waals surface area (Å²) < 4.78 is 5.48. The number of unbranched alkanes of at least 4 members (excludes halogenated alkanes) is 1. The quantitative estimate of drug-likeness (QED) is 0.441. The molecule has 0 saturated carbocycles. The molecular formula is C15H24OSi. The van der Waals surface area contributed by atoms with Gasteiger partial charge in [-0.2, -0.15) is 0 Å². The first kappa shape index (κ1) is 16.0. The number of hydrogen-bond donors (Lipinski definition) is 0. The number of rotatable bonds is 5. The fraction of sp³-hybridized carbons (Fsp3) is 0.467. The maximum Gasteiger partial charge on any atom is 0.0716 e. The van der Waals surface area contributed by atoms with Gasteiger partial charge in [0.15, 0.2) is 0 Å². The van der Waals surface area contributed by atoms with Crippen molar-refractivity contribution in [2.24, 2.45) is 0 Å². The Morgan fingerprint density at radius 3 is 2.29 bits per heavy atom. The summed E-state index contributed by atoms with van der Waals surface area (Å²) in [5, 5.41) is 0. The topological polar surface area (TPSA) is 9.23 Å². The lowest BCUT2D eigenvalue weighted by Gasteiger charge is -2.03. The molecule has 0 aromatic heterocycles. The highest BCUT2D eigenvalue weighted by Crippen LogP contribution is 2.05. The summed E-state index contributed by atoms with van der Waals surface area (Å²) in [6.07, 6.45) is 7.56. The van der Waals surface area contributed by atoms with Crippen LogP contribution < -0.4 is 0 Å². The maximum absolute atomic E-state index is 5.48. The molecule has 94 valence electrons. The van der Waals surface area contributed by atoms with Gasteiger partial charge in [0, 0.05) is 21.7 Å². The molecule has 0 saturated heterocycles. The van der Waals surface area contributed by atoms with Gasteiger partial charge in [0.2, 0.25) is 0 Å². The Kier molecular flexibility index (Phi) is 10.7. The Morgan fingerprint density at radius 1 is 1.24 bits per heavy atom. The SMILES string of the molecule is C#Cc1ccc(COCCCC)cc1.C[SiH2]C. The van der Waals surface area contributed by atoms with Crippen molar-refractivity contribution in [1.29, 1.82) is 0 Å². The van der Waals surface area contributed by atoms with E-state index in [9.17, 15) is 0 Å². The van der Waals surface area contributed by atoms with Crippen molar-refractivity contribution >= 4 is 9.52 Å². The van der Waals surface area contributed by atoms with E-state index in [0.717, 1.165) is 18.6 Å². The first-order chi connectivity index (χ1) is 8.28. The van der Waals surface area contributed by atoms with Crippen molar-refractivity contribution in [2.75, 3.05) is 6.61 Å². The van der Waals surface area contributed by atoms with Gasteiger partial charge in [0.25, 0.3) is 0 Å². The van der Waals surface area contributed by atoms with E-state index in [0.29, 0.717) is 16.1 Å². The predicted octanol–water partition coefficient (Wildman–Crippen LogP) is 3.24. The molecule has 0 aliphatic heterocycles. The molecule has 1 nitrogen and oxygen atoms in total. The van der Waals surface area contributed by atoms with Crippen LogP contribution in [0.5, 0.6) is 0 Å². The third-order valence-electron chi connectivity index (χ3n) is 2.03. The first-order valence-corrected chi connectivity index (χ1v) is 9.24. The van der Waals surface area contributed by atoms with E-state index in [1.807, 2.05) is 24.3 Å². The average Bonchev–Trinajstić information content (AvgIpc) is 2.36. The summed E-state index contributed by atoms with van der Waals surface area (Å²) in [5.41, 5.74) is 2.10. The van der Waals surface area contributed by atoms with Crippen LogP contribution in [0, 0.1) is 12.3 Å². The molecule has 0 amide bonds. The van der Waals surface area contributed by atoms with Gasteiger partial charge in [-0.15, -0.1) is 6.42 Å². The zero-order valence-corrected chi connectivity index (χ0v) is 12.7. The molecule has 1 aromatic carbocycles. The van der Waals surface area contributed by atoms with E-state index in [1.54, 1.807) is 0 Å². The van der Waals surface area contributed by atoms with Gasteiger partial charge in [-0.05, 0) is 24.1 Å². The zero-order valence-electron chi connectivity index (χ0n) is 11.3. The Labute approximate surface area is 108 Å². The van der Waals surface area contributed by atoms with E-state index in [1.165, 1.54) is 12.0 Å². The molecule has 0 aliphatic carbocycles. The molecule has 0 spiro atoms. The molecule has 0 fully saturated rings. The second-order valence-corrected chi connectivity index (χ2v) is 5.37. The van der Waals surface area contributed by atoms with Gasteiger partial charge in [0.1, 0.15) is 0 Å². The van der Waals surface area contributed by atoms with Crippen molar-refractivity contribution in [3.8, 4) is 12.3 Å². The first-order valence-electron chi connectivity index (χ1n) is 6.41. The van der Waals surface area contributed by atoms with Crippen LogP contribution in [0.3, 0.4) is 0 Å². The number of ether oxygens (including phenoxy) is 1. The van der Waals surface area contributed by atoms with Crippen LogP contribution in [-0.2, 0) is 11.3 Å². The fourth-order valence-corrected chi connectivity index (χ4v) is 1.13. The minimum absolute atomic E-state index is 0.417. The van der Waals surface area contributed by atoms with E-state index in [2.05, 4.69) is 25.9 Å². The molecule has 1 aromatic rings. The van der Waals surface area contributed by atoms with Crippen LogP contribution in [-0.4, -0.2) is 16.1 Å². The molecule has 17 heavy (non-hydrogen) atoms. The van der Waals surface area contributed by atoms with Gasteiger partial charge in [-0.25, -0.2) is 0 Å². The number of terminal acetylenes is 1. The average molecular weight is 248 g/mol. The standard InChI is InChI=1S/C13H16O.C2H8Si/c1-3-5-10-14-11-13-8-6-12(4-2)7-9-13;1-3-2/h2,6-9H,3,5,10-11H2,1H3;3H2,1-2H3. The molecule has 0 radical (unpaired) electrons. The largest absolute Gasteiger partial charge is 0.377 e. The second kappa shape index (κ2) is 11.4. The third kappa shape index (κ3) is 8.73. The molecule has 1 rings (SSSR count). The number of benzene rings is 1. The summed E-state index contributed by atoms with van der Waals surface area (Å²) in [4.78, 5) is 0. The van der Waals surface area contributed by atoms with E-state index in [4.69, 9.17) is 11.2 Å². The monoisotopic (exact) mass is 248 g/mol. The molecule has 0 unspecified atom stereocenters. The van der Waals surface area contributed by atoms with Crippen LogP contribution in [0.1, 0.15) is 30.9 Å². The molecule has 2 heteroatoms. The lowest BCUT2D eigenvalue weighted by Crippen LogP contribution is -1.94. The smallest absolute Gasteiger partial charge is 0.0716 e. The second-order valence-electron chi connectivity index (χ2n) is 3.95. The van der Waals surface area contributed by atoms with Crippen molar-refractivity contribution in [2.45, 2.75) is 39.5 Å². The van der Waals surface area contributed by atoms with Crippen LogP contribution in [0.15, 0.2) is 24.3 Å². The van der Waals surface area contributed by atoms with E-state index >= 15 is 0 Å². The van der Waals surface area contributed by atoms with Gasteiger partial charge in [-0.1, -0.05) is 44.5 Å². The molecule has 0 atom stereocenters. The third-order valence-corrected chi connectivity index (χ3v) is 2.03. The van der Waals surface area contributed by atoms with Crippen molar-refractivity contribution in [3.05, 3.63) is 35.4 Å². The molecule has 0 bridgehead atoms. The van der Waals surface area contributed by atoms with E-state index < -0.39 is 0 Å². The maximum atomic E-state index is 5.48. The van der Waals surface area contributed by atoms with Crippen LogP contribution in [0.2, 0.25) is 13.1 Å². The summed E-state index contributed by atoms with van der Waals surface area (Å²) in [7, 11) is 0.417. The highest BCUT2D eigenvalue weighted by atomic mass is 28.2. The minimum atomic E-state index is 0.417. The highest BCUT2D eigenvalue weighted by Gasteiger charge is 1.92. The number of hydrogen-bond acceptors (Lipinski definition) is 1. The summed E-state index contributed by atoms with van der Waals surface area (Å²) in [6, 6.07) is 7.92. The minimum Gasteiger partial charge on any atom is -0.377 e. The molecule has 0 heterocycles. The summed E-state index contributed by atoms with van der Waals surface area (Å²) >= 11 is 0. The van der Waals surface area contributed by atoms with Crippen LogP contribution in [0.25, 0.3) is 0 Å². The van der Waals surface area contributed by atoms with Gasteiger partial charge >= 0.3 is 0 Å².